The summed E-state index contributed by atoms with van der Waals surface area (Å²) < 4.78 is 4.79. The minimum absolute atomic E-state index is 0.450. The fraction of sp³-hybridized carbons (Fsp3) is 1.00. The zero-order valence-electron chi connectivity index (χ0n) is 7.45. The first kappa shape index (κ1) is 11.8. The fourth-order valence-electron chi connectivity index (χ4n) is 1.39. The van der Waals surface area contributed by atoms with Gasteiger partial charge < -0.3 is 36.0 Å². The van der Waals surface area contributed by atoms with Gasteiger partial charge in [0.25, 0.3) is 0 Å². The van der Waals surface area contributed by atoms with Crippen LogP contribution in [-0.4, -0.2) is 68.9 Å². The molecule has 14 heavy (non-hydrogen) atoms. The maximum atomic E-state index is 9.56. The molecule has 1 heterocycles. The molecular weight excluding hydrogens is 194 g/mol. The van der Waals surface area contributed by atoms with Gasteiger partial charge in [-0.3, -0.25) is 0 Å². The van der Waals surface area contributed by atoms with Gasteiger partial charge in [0.2, 0.25) is 5.79 Å². The van der Waals surface area contributed by atoms with Gasteiger partial charge in [-0.15, -0.1) is 0 Å². The Bertz CT molecular complexity index is 201. The molecule has 1 rings (SSSR count). The maximum absolute atomic E-state index is 9.56. The fourth-order valence-corrected chi connectivity index (χ4v) is 1.39. The Morgan fingerprint density at radius 2 is 1.79 bits per heavy atom. The average Bonchev–Trinajstić information content (AvgIpc) is 2.20. The van der Waals surface area contributed by atoms with Gasteiger partial charge in [0.15, 0.2) is 0 Å². The van der Waals surface area contributed by atoms with Gasteiger partial charge in [0.05, 0.1) is 6.61 Å². The summed E-state index contributed by atoms with van der Waals surface area (Å²) in [5.74, 6) is -2.13. The smallest absolute Gasteiger partial charge is 0.207 e. The third kappa shape index (κ3) is 1.75. The van der Waals surface area contributed by atoms with Crippen LogP contribution in [0.3, 0.4) is 0 Å². The van der Waals surface area contributed by atoms with E-state index in [1.807, 2.05) is 0 Å². The second-order valence-corrected chi connectivity index (χ2v) is 3.31. The van der Waals surface area contributed by atoms with Crippen molar-refractivity contribution in [2.24, 2.45) is 5.73 Å². The van der Waals surface area contributed by atoms with E-state index in [0.29, 0.717) is 0 Å². The minimum Gasteiger partial charge on any atom is -0.394 e. The summed E-state index contributed by atoms with van der Waals surface area (Å²) in [4.78, 5) is 0. The van der Waals surface area contributed by atoms with E-state index in [1.165, 1.54) is 0 Å². The van der Waals surface area contributed by atoms with Crippen molar-refractivity contribution >= 4 is 0 Å². The molecule has 1 aliphatic rings. The van der Waals surface area contributed by atoms with Crippen molar-refractivity contribution in [3.05, 3.63) is 0 Å². The lowest BCUT2D eigenvalue weighted by atomic mass is 9.93. The van der Waals surface area contributed by atoms with E-state index < -0.39 is 43.4 Å². The molecule has 1 aliphatic heterocycles. The first-order valence-corrected chi connectivity index (χ1v) is 4.21. The highest BCUT2D eigenvalue weighted by Crippen LogP contribution is 2.27. The Morgan fingerprint density at radius 1 is 1.21 bits per heavy atom. The molecule has 0 spiro atoms. The number of aliphatic hydroxyl groups excluding tert-OH is 4. The molecule has 0 radical (unpaired) electrons. The number of ether oxygens (including phenoxy) is 1. The van der Waals surface area contributed by atoms with Crippen LogP contribution in [0.4, 0.5) is 0 Å². The summed E-state index contributed by atoms with van der Waals surface area (Å²) in [6, 6.07) is 0. The second kappa shape index (κ2) is 4.07. The van der Waals surface area contributed by atoms with E-state index >= 15 is 0 Å². The molecular formula is C7H15NO6. The number of aliphatic hydroxyl groups is 5. The predicted molar refractivity (Wildman–Crippen MR) is 44.0 cm³/mol. The van der Waals surface area contributed by atoms with Crippen LogP contribution < -0.4 is 5.73 Å². The van der Waals surface area contributed by atoms with Crippen molar-refractivity contribution in [3.63, 3.8) is 0 Å². The summed E-state index contributed by atoms with van der Waals surface area (Å²) in [5.41, 5.74) is 5.14. The largest absolute Gasteiger partial charge is 0.394 e. The van der Waals surface area contributed by atoms with Crippen LogP contribution in [0.15, 0.2) is 0 Å². The third-order valence-corrected chi connectivity index (χ3v) is 2.34. The summed E-state index contributed by atoms with van der Waals surface area (Å²) in [6.07, 6.45) is -5.93. The summed E-state index contributed by atoms with van der Waals surface area (Å²) >= 11 is 0. The van der Waals surface area contributed by atoms with Gasteiger partial charge in [0.1, 0.15) is 24.4 Å². The molecule has 0 aromatic heterocycles. The van der Waals surface area contributed by atoms with Crippen molar-refractivity contribution in [3.8, 4) is 0 Å². The van der Waals surface area contributed by atoms with Crippen LogP contribution in [0.2, 0.25) is 0 Å². The first-order chi connectivity index (χ1) is 6.46. The number of hydrogen-bond acceptors (Lipinski definition) is 7. The minimum atomic E-state index is -2.13. The van der Waals surface area contributed by atoms with E-state index in [-0.39, 0.29) is 0 Å². The lowest BCUT2D eigenvalue weighted by Gasteiger charge is -2.44. The van der Waals surface area contributed by atoms with Crippen molar-refractivity contribution in [1.29, 1.82) is 0 Å². The van der Waals surface area contributed by atoms with Crippen LogP contribution in [0, 0.1) is 0 Å². The van der Waals surface area contributed by atoms with Gasteiger partial charge in [0, 0.05) is 6.54 Å². The lowest BCUT2D eigenvalue weighted by Crippen LogP contribution is -2.67. The molecule has 1 fully saturated rings. The van der Waals surface area contributed by atoms with Crippen molar-refractivity contribution in [2.75, 3.05) is 13.2 Å². The highest BCUT2D eigenvalue weighted by molar-refractivity contribution is 4.96. The highest BCUT2D eigenvalue weighted by Gasteiger charge is 2.51. The van der Waals surface area contributed by atoms with Crippen molar-refractivity contribution in [1.82, 2.24) is 0 Å². The normalized spacial score (nSPS) is 49.3. The Hall–Kier alpha value is -0.280. The molecule has 7 heteroatoms. The van der Waals surface area contributed by atoms with E-state index in [9.17, 15) is 20.4 Å². The Balaban J connectivity index is 2.84. The standard InChI is InChI=1S/C7H15NO6/c8-2-7(13)6(12)5(11)4(10)3(1-9)14-7/h3-6,9-13H,1-2,8H2/t3-,4-,5+,6-,7+/m1/s1. The van der Waals surface area contributed by atoms with Crippen molar-refractivity contribution in [2.45, 2.75) is 30.2 Å². The van der Waals surface area contributed by atoms with Gasteiger partial charge in [-0.1, -0.05) is 0 Å². The van der Waals surface area contributed by atoms with E-state index in [1.54, 1.807) is 0 Å². The third-order valence-electron chi connectivity index (χ3n) is 2.34. The quantitative estimate of drug-likeness (QED) is 0.273. The Morgan fingerprint density at radius 3 is 2.21 bits per heavy atom. The molecule has 0 aromatic rings. The SMILES string of the molecule is NC[C@]1(O)O[C@H](CO)[C@@H](O)[C@H](O)[C@H]1O. The molecule has 0 unspecified atom stereocenters. The van der Waals surface area contributed by atoms with Crippen molar-refractivity contribution < 1.29 is 30.3 Å². The summed E-state index contributed by atoms with van der Waals surface area (Å²) in [5, 5.41) is 46.3. The highest BCUT2D eigenvalue weighted by atomic mass is 16.7. The van der Waals surface area contributed by atoms with Crippen LogP contribution in [0.25, 0.3) is 0 Å². The van der Waals surface area contributed by atoms with Gasteiger partial charge >= 0.3 is 0 Å². The van der Waals surface area contributed by atoms with Gasteiger partial charge in [-0.25, -0.2) is 0 Å². The number of rotatable bonds is 2. The van der Waals surface area contributed by atoms with E-state index in [0.717, 1.165) is 0 Å². The predicted octanol–water partition coefficient (Wildman–Crippen LogP) is -3.89. The van der Waals surface area contributed by atoms with Crippen LogP contribution in [-0.2, 0) is 4.74 Å². The first-order valence-electron chi connectivity index (χ1n) is 4.21. The Kier molecular flexibility index (Phi) is 3.43. The van der Waals surface area contributed by atoms with Crippen LogP contribution >= 0.6 is 0 Å². The molecule has 0 aromatic carbocycles. The lowest BCUT2D eigenvalue weighted by molar-refractivity contribution is -0.344. The van der Waals surface area contributed by atoms with Crippen LogP contribution in [0.5, 0.6) is 0 Å². The number of hydrogen-bond donors (Lipinski definition) is 6. The average molecular weight is 209 g/mol. The zero-order chi connectivity index (χ0) is 10.9. The zero-order valence-corrected chi connectivity index (χ0v) is 7.45. The number of nitrogens with two attached hydrogens (primary N) is 1. The van der Waals surface area contributed by atoms with Gasteiger partial charge in [-0.2, -0.15) is 0 Å². The molecule has 1 saturated heterocycles. The monoisotopic (exact) mass is 209 g/mol. The molecule has 7 nitrogen and oxygen atoms in total. The Labute approximate surface area is 80.3 Å². The van der Waals surface area contributed by atoms with Crippen LogP contribution in [0.1, 0.15) is 0 Å². The molecule has 0 bridgehead atoms. The maximum Gasteiger partial charge on any atom is 0.207 e. The van der Waals surface area contributed by atoms with E-state index in [2.05, 4.69) is 0 Å². The summed E-state index contributed by atoms with van der Waals surface area (Å²) in [6.45, 7) is -1.04. The molecule has 5 atom stereocenters. The topological polar surface area (TPSA) is 136 Å². The molecule has 7 N–H and O–H groups in total. The second-order valence-electron chi connectivity index (χ2n) is 3.31. The van der Waals surface area contributed by atoms with Gasteiger partial charge in [-0.05, 0) is 0 Å². The summed E-state index contributed by atoms with van der Waals surface area (Å²) in [7, 11) is 0. The molecule has 84 valence electrons. The molecule has 0 aliphatic carbocycles. The molecule has 0 amide bonds. The van der Waals surface area contributed by atoms with E-state index in [4.69, 9.17) is 15.6 Å². The molecule has 0 saturated carbocycles.